The van der Waals surface area contributed by atoms with Crippen molar-refractivity contribution < 1.29 is 9.59 Å². The zero-order chi connectivity index (χ0) is 17.8. The van der Waals surface area contributed by atoms with Crippen molar-refractivity contribution >= 4 is 11.8 Å². The molecule has 1 saturated heterocycles. The number of benzene rings is 1. The maximum absolute atomic E-state index is 13.0. The molecule has 2 amide bonds. The maximum atomic E-state index is 13.0. The van der Waals surface area contributed by atoms with Crippen molar-refractivity contribution in [1.29, 1.82) is 0 Å². The fourth-order valence-corrected chi connectivity index (χ4v) is 4.53. The summed E-state index contributed by atoms with van der Waals surface area (Å²) < 4.78 is 0. The lowest BCUT2D eigenvalue weighted by atomic mass is 9.72. The monoisotopic (exact) mass is 342 g/mol. The van der Waals surface area contributed by atoms with Crippen LogP contribution in [0, 0.1) is 11.8 Å². The number of hydrogen-bond donors (Lipinski definition) is 1. The van der Waals surface area contributed by atoms with Crippen LogP contribution >= 0.6 is 0 Å². The second-order valence-corrected chi connectivity index (χ2v) is 7.71. The van der Waals surface area contributed by atoms with Gasteiger partial charge in [-0.15, -0.1) is 0 Å². The molecule has 3 rings (SSSR count). The van der Waals surface area contributed by atoms with Crippen LogP contribution in [0.5, 0.6) is 0 Å². The van der Waals surface area contributed by atoms with Gasteiger partial charge in [0.15, 0.2) is 0 Å². The lowest BCUT2D eigenvalue weighted by Gasteiger charge is -2.47. The average Bonchev–Trinajstić information content (AvgIpc) is 2.62. The van der Waals surface area contributed by atoms with Crippen LogP contribution in [0.1, 0.15) is 61.9 Å². The zero-order valence-electron chi connectivity index (χ0n) is 15.5. The summed E-state index contributed by atoms with van der Waals surface area (Å²) in [4.78, 5) is 26.1. The van der Waals surface area contributed by atoms with Crippen molar-refractivity contribution in [1.82, 2.24) is 10.2 Å². The van der Waals surface area contributed by atoms with E-state index in [9.17, 15) is 9.59 Å². The van der Waals surface area contributed by atoms with Crippen molar-refractivity contribution in [2.24, 2.45) is 11.8 Å². The van der Waals surface area contributed by atoms with Crippen LogP contribution in [0.3, 0.4) is 0 Å². The van der Waals surface area contributed by atoms with E-state index in [1.165, 1.54) is 26.2 Å². The van der Waals surface area contributed by atoms with E-state index in [4.69, 9.17) is 0 Å². The van der Waals surface area contributed by atoms with E-state index < -0.39 is 0 Å². The van der Waals surface area contributed by atoms with Gasteiger partial charge in [-0.25, -0.2) is 0 Å². The van der Waals surface area contributed by atoms with Gasteiger partial charge in [0.1, 0.15) is 0 Å². The van der Waals surface area contributed by atoms with Gasteiger partial charge in [-0.2, -0.15) is 0 Å². The van der Waals surface area contributed by atoms with E-state index in [1.807, 2.05) is 24.3 Å². The first-order valence-electron chi connectivity index (χ1n) is 9.70. The fraction of sp³-hybridized carbons (Fsp3) is 0.619. The Hall–Kier alpha value is -1.84. The van der Waals surface area contributed by atoms with Gasteiger partial charge in [0.2, 0.25) is 5.91 Å². The Morgan fingerprint density at radius 2 is 1.84 bits per heavy atom. The summed E-state index contributed by atoms with van der Waals surface area (Å²) in [5.74, 6) is 1.61. The summed E-state index contributed by atoms with van der Waals surface area (Å²) in [6.07, 6.45) is 6.92. The molecular formula is C21H30N2O2. The number of nitrogens with zero attached hydrogens (tertiary/aromatic N) is 1. The molecular weight excluding hydrogens is 312 g/mol. The number of fused-ring (bicyclic) bond motifs is 1. The van der Waals surface area contributed by atoms with Gasteiger partial charge in [-0.1, -0.05) is 31.9 Å². The Labute approximate surface area is 151 Å². The van der Waals surface area contributed by atoms with E-state index in [-0.39, 0.29) is 11.8 Å². The molecule has 4 nitrogen and oxygen atoms in total. The van der Waals surface area contributed by atoms with Gasteiger partial charge in [0.05, 0.1) is 0 Å². The number of hydrogen-bond acceptors (Lipinski definition) is 2. The van der Waals surface area contributed by atoms with Crippen LogP contribution in [0.2, 0.25) is 0 Å². The second-order valence-electron chi connectivity index (χ2n) is 7.71. The van der Waals surface area contributed by atoms with Crippen molar-refractivity contribution in [2.45, 2.75) is 58.4 Å². The minimum atomic E-state index is -0.00633. The summed E-state index contributed by atoms with van der Waals surface area (Å²) in [6, 6.07) is 8.35. The quantitative estimate of drug-likeness (QED) is 0.911. The molecule has 136 valence electrons. The molecule has 0 bridgehead atoms. The predicted octanol–water partition coefficient (Wildman–Crippen LogP) is 3.41. The fourth-order valence-electron chi connectivity index (χ4n) is 4.53. The molecule has 1 aliphatic heterocycles. The number of amides is 2. The summed E-state index contributed by atoms with van der Waals surface area (Å²) in [7, 11) is 0. The normalized spacial score (nSPS) is 26.0. The Balaban J connectivity index is 1.64. The molecule has 1 aromatic carbocycles. The Morgan fingerprint density at radius 1 is 1.12 bits per heavy atom. The number of rotatable bonds is 4. The van der Waals surface area contributed by atoms with Crippen LogP contribution in [0.15, 0.2) is 24.3 Å². The molecule has 0 spiro atoms. The number of piperidine rings is 1. The Bertz CT molecular complexity index is 611. The van der Waals surface area contributed by atoms with E-state index in [2.05, 4.69) is 17.1 Å². The molecule has 1 aromatic rings. The predicted molar refractivity (Wildman–Crippen MR) is 99.4 cm³/mol. The van der Waals surface area contributed by atoms with Gasteiger partial charge in [-0.3, -0.25) is 9.59 Å². The molecule has 3 atom stereocenters. The molecule has 2 aliphatic rings. The zero-order valence-corrected chi connectivity index (χ0v) is 15.5. The van der Waals surface area contributed by atoms with Crippen LogP contribution in [-0.4, -0.2) is 35.8 Å². The highest BCUT2D eigenvalue weighted by Gasteiger charge is 2.39. The summed E-state index contributed by atoms with van der Waals surface area (Å²) >= 11 is 0. The van der Waals surface area contributed by atoms with Gasteiger partial charge in [0, 0.05) is 31.6 Å². The van der Waals surface area contributed by atoms with Crippen molar-refractivity contribution in [3.63, 3.8) is 0 Å². The maximum Gasteiger partial charge on any atom is 0.254 e. The molecule has 2 fully saturated rings. The van der Waals surface area contributed by atoms with Crippen LogP contribution < -0.4 is 5.32 Å². The van der Waals surface area contributed by atoms with Crippen molar-refractivity contribution in [3.05, 3.63) is 35.4 Å². The van der Waals surface area contributed by atoms with E-state index >= 15 is 0 Å². The summed E-state index contributed by atoms with van der Waals surface area (Å²) in [5, 5.41) is 2.80. The summed E-state index contributed by atoms with van der Waals surface area (Å²) in [6.45, 7) is 5.41. The molecule has 0 unspecified atom stereocenters. The lowest BCUT2D eigenvalue weighted by molar-refractivity contribution is -0.118. The molecule has 1 N–H and O–H groups in total. The molecule has 0 aromatic heterocycles. The standard InChI is InChI=1S/C21H30N2O2/c1-15-12-14-23(20-6-4-3-5-19(15)20)21(25)18-9-7-17(8-10-18)11-13-22-16(2)24/h7-10,15,19-20H,3-6,11-14H2,1-2H3,(H,22,24)/t15-,19+,20-/m0/s1. The Kier molecular flexibility index (Phi) is 5.77. The third-order valence-corrected chi connectivity index (χ3v) is 5.99. The van der Waals surface area contributed by atoms with Crippen molar-refractivity contribution in [3.8, 4) is 0 Å². The van der Waals surface area contributed by atoms with E-state index in [0.29, 0.717) is 18.5 Å². The molecule has 1 saturated carbocycles. The first-order chi connectivity index (χ1) is 12.1. The highest BCUT2D eigenvalue weighted by atomic mass is 16.2. The molecule has 25 heavy (non-hydrogen) atoms. The van der Waals surface area contributed by atoms with Crippen LogP contribution in [-0.2, 0) is 11.2 Å². The van der Waals surface area contributed by atoms with Gasteiger partial charge < -0.3 is 10.2 Å². The Morgan fingerprint density at radius 3 is 2.56 bits per heavy atom. The van der Waals surface area contributed by atoms with Gasteiger partial charge in [0.25, 0.3) is 5.91 Å². The smallest absolute Gasteiger partial charge is 0.254 e. The SMILES string of the molecule is CC(=O)NCCc1ccc(C(=O)N2CC[C@H](C)[C@H]3CCCC[C@@H]32)cc1. The molecule has 0 radical (unpaired) electrons. The molecule has 1 heterocycles. The molecule has 4 heteroatoms. The topological polar surface area (TPSA) is 49.4 Å². The highest BCUT2D eigenvalue weighted by molar-refractivity contribution is 5.94. The second kappa shape index (κ2) is 8.03. The van der Waals surface area contributed by atoms with Gasteiger partial charge >= 0.3 is 0 Å². The first-order valence-corrected chi connectivity index (χ1v) is 9.70. The number of nitrogens with one attached hydrogen (secondary N) is 1. The third-order valence-electron chi connectivity index (χ3n) is 5.99. The lowest BCUT2D eigenvalue weighted by Crippen LogP contribution is -2.52. The molecule has 1 aliphatic carbocycles. The minimum Gasteiger partial charge on any atom is -0.356 e. The van der Waals surface area contributed by atoms with Crippen molar-refractivity contribution in [2.75, 3.05) is 13.1 Å². The van der Waals surface area contributed by atoms with Crippen LogP contribution in [0.4, 0.5) is 0 Å². The van der Waals surface area contributed by atoms with Gasteiger partial charge in [-0.05, 0) is 55.2 Å². The largest absolute Gasteiger partial charge is 0.356 e. The summed E-state index contributed by atoms with van der Waals surface area (Å²) in [5.41, 5.74) is 1.94. The number of likely N-dealkylation sites (tertiary alicyclic amines) is 1. The third kappa shape index (κ3) is 4.23. The van der Waals surface area contributed by atoms with E-state index in [0.717, 1.165) is 42.9 Å². The van der Waals surface area contributed by atoms with E-state index in [1.54, 1.807) is 0 Å². The minimum absolute atomic E-state index is 0.00633. The first kappa shape index (κ1) is 18.0. The average molecular weight is 342 g/mol. The number of carbonyl (C=O) groups is 2. The highest BCUT2D eigenvalue weighted by Crippen LogP contribution is 2.39. The van der Waals surface area contributed by atoms with Crippen LogP contribution in [0.25, 0.3) is 0 Å². The number of carbonyl (C=O) groups excluding carboxylic acids is 2.